The molecule has 1 fully saturated rings. The van der Waals surface area contributed by atoms with E-state index in [2.05, 4.69) is 27.0 Å². The highest BCUT2D eigenvalue weighted by Crippen LogP contribution is 2.21. The van der Waals surface area contributed by atoms with Crippen molar-refractivity contribution in [2.75, 3.05) is 33.9 Å². The van der Waals surface area contributed by atoms with Gasteiger partial charge in [-0.1, -0.05) is 0 Å². The van der Waals surface area contributed by atoms with Gasteiger partial charge in [-0.15, -0.1) is 24.8 Å². The second-order valence-electron chi connectivity index (χ2n) is 5.76. The molecule has 2 rings (SSSR count). The quantitative estimate of drug-likeness (QED) is 0.788. The number of nitrogens with zero attached hydrogens (tertiary/aromatic N) is 1. The van der Waals surface area contributed by atoms with Crippen molar-refractivity contribution in [1.82, 2.24) is 10.2 Å². The lowest BCUT2D eigenvalue weighted by Gasteiger charge is -2.28. The van der Waals surface area contributed by atoms with Crippen molar-refractivity contribution in [3.8, 4) is 0 Å². The van der Waals surface area contributed by atoms with E-state index in [0.717, 1.165) is 12.8 Å². The van der Waals surface area contributed by atoms with Gasteiger partial charge in [0.2, 0.25) is 5.91 Å². The summed E-state index contributed by atoms with van der Waals surface area (Å²) >= 11 is 1.67. The maximum Gasteiger partial charge on any atom is 0.237 e. The second-order valence-corrected chi connectivity index (χ2v) is 6.54. The lowest BCUT2D eigenvalue weighted by Crippen LogP contribution is -2.48. The molecular weight excluding hydrogens is 357 g/mol. The van der Waals surface area contributed by atoms with Crippen LogP contribution >= 0.6 is 36.2 Å². The molecule has 1 amide bonds. The van der Waals surface area contributed by atoms with E-state index in [0.29, 0.717) is 19.8 Å². The molecule has 0 saturated carbocycles. The summed E-state index contributed by atoms with van der Waals surface area (Å²) < 4.78 is 5.32. The van der Waals surface area contributed by atoms with Gasteiger partial charge in [-0.05, 0) is 55.2 Å². The van der Waals surface area contributed by atoms with Gasteiger partial charge in [0.05, 0.1) is 12.1 Å². The standard InChI is InChI=1S/C15H25N3O2S.2ClH/c1-18(2)13(12-5-8-21-10-12)9-17-15(19)14(16)11-3-6-20-7-4-11;;/h5,8,10-11,13-14H,3-4,6-7,9,16H2,1-2H3,(H,17,19);2*1H. The Morgan fingerprint density at radius 1 is 1.43 bits per heavy atom. The number of amides is 1. The molecule has 1 aliphatic rings. The molecule has 134 valence electrons. The fourth-order valence-corrected chi connectivity index (χ4v) is 3.37. The van der Waals surface area contributed by atoms with Crippen LogP contribution in [0, 0.1) is 5.92 Å². The van der Waals surface area contributed by atoms with E-state index in [1.807, 2.05) is 14.1 Å². The molecular formula is C15H27Cl2N3O2S. The van der Waals surface area contributed by atoms with E-state index in [-0.39, 0.29) is 42.7 Å². The number of carbonyl (C=O) groups is 1. The number of rotatable bonds is 6. The van der Waals surface area contributed by atoms with Gasteiger partial charge in [0.25, 0.3) is 0 Å². The summed E-state index contributed by atoms with van der Waals surface area (Å²) in [6.07, 6.45) is 1.74. The molecule has 2 unspecified atom stereocenters. The molecule has 3 N–H and O–H groups in total. The zero-order chi connectivity index (χ0) is 15.2. The lowest BCUT2D eigenvalue weighted by atomic mass is 9.92. The first kappa shape index (κ1) is 22.6. The van der Waals surface area contributed by atoms with Crippen molar-refractivity contribution < 1.29 is 9.53 Å². The summed E-state index contributed by atoms with van der Waals surface area (Å²) in [5.74, 6) is 0.182. The molecule has 2 atom stereocenters. The van der Waals surface area contributed by atoms with Crippen molar-refractivity contribution in [3.63, 3.8) is 0 Å². The highest BCUT2D eigenvalue weighted by molar-refractivity contribution is 7.07. The minimum Gasteiger partial charge on any atom is -0.381 e. The van der Waals surface area contributed by atoms with Gasteiger partial charge < -0.3 is 20.7 Å². The van der Waals surface area contributed by atoms with Gasteiger partial charge in [0.1, 0.15) is 0 Å². The van der Waals surface area contributed by atoms with Crippen LogP contribution in [0.25, 0.3) is 0 Å². The molecule has 23 heavy (non-hydrogen) atoms. The largest absolute Gasteiger partial charge is 0.381 e. The lowest BCUT2D eigenvalue weighted by molar-refractivity contribution is -0.124. The van der Waals surface area contributed by atoms with Crippen LogP contribution in [0.5, 0.6) is 0 Å². The predicted molar refractivity (Wildman–Crippen MR) is 99.8 cm³/mol. The summed E-state index contributed by atoms with van der Waals surface area (Å²) in [5.41, 5.74) is 7.32. The van der Waals surface area contributed by atoms with Crippen LogP contribution in [-0.4, -0.2) is 50.7 Å². The maximum absolute atomic E-state index is 12.2. The Labute approximate surface area is 154 Å². The fraction of sp³-hybridized carbons (Fsp3) is 0.667. The third kappa shape index (κ3) is 6.57. The van der Waals surface area contributed by atoms with Gasteiger partial charge in [-0.25, -0.2) is 0 Å². The summed E-state index contributed by atoms with van der Waals surface area (Å²) in [5, 5.41) is 7.18. The molecule has 5 nitrogen and oxygen atoms in total. The first-order valence-corrected chi connectivity index (χ1v) is 8.33. The van der Waals surface area contributed by atoms with Crippen LogP contribution in [-0.2, 0) is 9.53 Å². The number of nitrogens with two attached hydrogens (primary N) is 1. The smallest absolute Gasteiger partial charge is 0.237 e. The van der Waals surface area contributed by atoms with Crippen LogP contribution in [0.15, 0.2) is 16.8 Å². The SMILES string of the molecule is CN(C)C(CNC(=O)C(N)C1CCOCC1)c1ccsc1.Cl.Cl. The zero-order valence-electron chi connectivity index (χ0n) is 13.6. The van der Waals surface area contributed by atoms with E-state index in [1.165, 1.54) is 5.56 Å². The number of ether oxygens (including phenoxy) is 1. The van der Waals surface area contributed by atoms with Gasteiger partial charge in [0.15, 0.2) is 0 Å². The Morgan fingerprint density at radius 2 is 2.09 bits per heavy atom. The molecule has 0 spiro atoms. The number of halogens is 2. The third-order valence-electron chi connectivity index (χ3n) is 4.10. The van der Waals surface area contributed by atoms with Crippen LogP contribution < -0.4 is 11.1 Å². The normalized spacial score (nSPS) is 17.7. The molecule has 1 aromatic heterocycles. The Balaban J connectivity index is 0.00000242. The minimum atomic E-state index is -0.431. The van der Waals surface area contributed by atoms with Crippen LogP contribution in [0.2, 0.25) is 0 Å². The molecule has 1 aliphatic heterocycles. The van der Waals surface area contributed by atoms with E-state index in [4.69, 9.17) is 10.5 Å². The predicted octanol–water partition coefficient (Wildman–Crippen LogP) is 2.06. The van der Waals surface area contributed by atoms with E-state index in [9.17, 15) is 4.79 Å². The van der Waals surface area contributed by atoms with Gasteiger partial charge in [0, 0.05) is 19.8 Å². The topological polar surface area (TPSA) is 67.6 Å². The molecule has 1 aromatic rings. The molecule has 8 heteroatoms. The molecule has 0 bridgehead atoms. The van der Waals surface area contributed by atoms with Gasteiger partial charge in [-0.2, -0.15) is 11.3 Å². The Bertz CT molecular complexity index is 440. The molecule has 0 aromatic carbocycles. The maximum atomic E-state index is 12.2. The van der Waals surface area contributed by atoms with E-state index >= 15 is 0 Å². The van der Waals surface area contributed by atoms with Crippen molar-refractivity contribution in [1.29, 1.82) is 0 Å². The number of hydrogen-bond acceptors (Lipinski definition) is 5. The zero-order valence-corrected chi connectivity index (χ0v) is 16.0. The van der Waals surface area contributed by atoms with E-state index < -0.39 is 6.04 Å². The van der Waals surface area contributed by atoms with Crippen molar-refractivity contribution in [3.05, 3.63) is 22.4 Å². The monoisotopic (exact) mass is 383 g/mol. The first-order chi connectivity index (χ1) is 10.1. The summed E-state index contributed by atoms with van der Waals surface area (Å²) in [7, 11) is 4.04. The van der Waals surface area contributed by atoms with Crippen LogP contribution in [0.3, 0.4) is 0 Å². The third-order valence-corrected chi connectivity index (χ3v) is 4.80. The number of nitrogens with one attached hydrogen (secondary N) is 1. The Morgan fingerprint density at radius 3 is 2.61 bits per heavy atom. The number of carbonyl (C=O) groups excluding carboxylic acids is 1. The Kier molecular flexibility index (Phi) is 11.1. The summed E-state index contributed by atoms with van der Waals surface area (Å²) in [4.78, 5) is 14.4. The summed E-state index contributed by atoms with van der Waals surface area (Å²) in [6.45, 7) is 2.00. The fourth-order valence-electron chi connectivity index (χ4n) is 2.67. The van der Waals surface area contributed by atoms with Crippen LogP contribution in [0.1, 0.15) is 24.4 Å². The highest BCUT2D eigenvalue weighted by Gasteiger charge is 2.27. The van der Waals surface area contributed by atoms with Crippen molar-refractivity contribution >= 4 is 42.1 Å². The van der Waals surface area contributed by atoms with Gasteiger partial charge >= 0.3 is 0 Å². The van der Waals surface area contributed by atoms with Gasteiger partial charge in [-0.3, -0.25) is 4.79 Å². The number of likely N-dealkylation sites (N-methyl/N-ethyl adjacent to an activating group) is 1. The van der Waals surface area contributed by atoms with Crippen molar-refractivity contribution in [2.45, 2.75) is 24.9 Å². The van der Waals surface area contributed by atoms with E-state index in [1.54, 1.807) is 11.3 Å². The highest BCUT2D eigenvalue weighted by atomic mass is 35.5. The second kappa shape index (κ2) is 11.2. The van der Waals surface area contributed by atoms with Crippen LogP contribution in [0.4, 0.5) is 0 Å². The molecule has 1 saturated heterocycles. The Hall–Kier alpha value is -0.370. The average molecular weight is 384 g/mol. The minimum absolute atomic E-state index is 0. The average Bonchev–Trinajstić information content (AvgIpc) is 3.01. The van der Waals surface area contributed by atoms with Crippen molar-refractivity contribution in [2.24, 2.45) is 11.7 Å². The molecule has 0 radical (unpaired) electrons. The summed E-state index contributed by atoms with van der Waals surface area (Å²) in [6, 6.07) is 1.85. The number of thiophene rings is 1. The molecule has 0 aliphatic carbocycles. The first-order valence-electron chi connectivity index (χ1n) is 7.39. The molecule has 2 heterocycles. The number of hydrogen-bond donors (Lipinski definition) is 2.